The Balaban J connectivity index is 2.38. The van der Waals surface area contributed by atoms with Gasteiger partial charge in [-0.3, -0.25) is 14.9 Å². The molecule has 1 N–H and O–H groups in total. The van der Waals surface area contributed by atoms with Gasteiger partial charge in [-0.15, -0.1) is 0 Å². The van der Waals surface area contributed by atoms with Crippen molar-refractivity contribution < 1.29 is 19.2 Å². The fourth-order valence-corrected chi connectivity index (χ4v) is 2.07. The summed E-state index contributed by atoms with van der Waals surface area (Å²) in [5.41, 5.74) is 0.0828. The predicted molar refractivity (Wildman–Crippen MR) is 96.1 cm³/mol. The van der Waals surface area contributed by atoms with Crippen molar-refractivity contribution in [1.29, 1.82) is 0 Å². The van der Waals surface area contributed by atoms with Crippen LogP contribution in [0.1, 0.15) is 15.9 Å². The highest BCUT2D eigenvalue weighted by atomic mass is 16.6. The van der Waals surface area contributed by atoms with E-state index in [9.17, 15) is 19.7 Å². The lowest BCUT2D eigenvalue weighted by atomic mass is 10.1. The van der Waals surface area contributed by atoms with Crippen LogP contribution in [0, 0.1) is 10.1 Å². The summed E-state index contributed by atoms with van der Waals surface area (Å²) in [5.74, 6) is -1.36. The molecule has 0 aliphatic rings. The molecule has 0 aliphatic heterocycles. The van der Waals surface area contributed by atoms with Crippen molar-refractivity contribution in [2.75, 3.05) is 6.61 Å². The largest absolute Gasteiger partial charge is 0.457 e. The van der Waals surface area contributed by atoms with Crippen LogP contribution in [0.4, 0.5) is 5.69 Å². The maximum absolute atomic E-state index is 12.3. The molecule has 2 aromatic carbocycles. The summed E-state index contributed by atoms with van der Waals surface area (Å²) >= 11 is 0. The Hall–Kier alpha value is -3.74. The van der Waals surface area contributed by atoms with Gasteiger partial charge in [-0.2, -0.15) is 0 Å². The number of rotatable bonds is 7. The molecule has 0 saturated carbocycles. The zero-order chi connectivity index (χ0) is 18.9. The molecule has 2 rings (SSSR count). The van der Waals surface area contributed by atoms with Gasteiger partial charge in [-0.05, 0) is 24.3 Å². The van der Waals surface area contributed by atoms with Gasteiger partial charge < -0.3 is 10.1 Å². The predicted octanol–water partition coefficient (Wildman–Crippen LogP) is 3.09. The van der Waals surface area contributed by atoms with E-state index >= 15 is 0 Å². The third-order valence-corrected chi connectivity index (χ3v) is 3.27. The van der Waals surface area contributed by atoms with Gasteiger partial charge in [0.05, 0.1) is 10.5 Å². The van der Waals surface area contributed by atoms with Crippen LogP contribution in [0.5, 0.6) is 0 Å². The molecule has 0 spiro atoms. The van der Waals surface area contributed by atoms with Crippen molar-refractivity contribution in [2.45, 2.75) is 0 Å². The molecule has 132 valence electrons. The summed E-state index contributed by atoms with van der Waals surface area (Å²) in [6.07, 6.45) is 2.59. The lowest BCUT2D eigenvalue weighted by molar-refractivity contribution is -0.385. The molecule has 0 radical (unpaired) electrons. The Morgan fingerprint density at radius 1 is 1.12 bits per heavy atom. The second-order valence-corrected chi connectivity index (χ2v) is 5.08. The summed E-state index contributed by atoms with van der Waals surface area (Å²) in [6, 6.07) is 14.1. The van der Waals surface area contributed by atoms with Gasteiger partial charge in [0.2, 0.25) is 0 Å². The number of nitrogens with zero attached hydrogens (tertiary/aromatic N) is 1. The topological polar surface area (TPSA) is 98.5 Å². The number of hydrogen-bond acceptors (Lipinski definition) is 5. The van der Waals surface area contributed by atoms with Crippen LogP contribution >= 0.6 is 0 Å². The van der Waals surface area contributed by atoms with E-state index in [1.807, 2.05) is 0 Å². The van der Waals surface area contributed by atoms with Crippen LogP contribution in [0.3, 0.4) is 0 Å². The second kappa shape index (κ2) is 8.93. The lowest BCUT2D eigenvalue weighted by Gasteiger charge is -2.10. The first-order chi connectivity index (χ1) is 12.5. The molecule has 26 heavy (non-hydrogen) atoms. The summed E-state index contributed by atoms with van der Waals surface area (Å²) in [4.78, 5) is 35.1. The Morgan fingerprint density at radius 2 is 1.77 bits per heavy atom. The van der Waals surface area contributed by atoms with Crippen LogP contribution in [0.15, 0.2) is 72.9 Å². The third kappa shape index (κ3) is 4.88. The molecule has 7 heteroatoms. The van der Waals surface area contributed by atoms with E-state index in [1.165, 1.54) is 30.4 Å². The molecule has 0 aromatic heterocycles. The van der Waals surface area contributed by atoms with Crippen molar-refractivity contribution in [1.82, 2.24) is 5.32 Å². The molecule has 2 aromatic rings. The monoisotopic (exact) mass is 352 g/mol. The van der Waals surface area contributed by atoms with Crippen LogP contribution in [-0.2, 0) is 9.53 Å². The summed E-state index contributed by atoms with van der Waals surface area (Å²) in [6.45, 7) is 3.39. The number of nitrogens with one attached hydrogen (secondary N) is 1. The van der Waals surface area contributed by atoms with Gasteiger partial charge in [-0.25, -0.2) is 4.79 Å². The van der Waals surface area contributed by atoms with Gasteiger partial charge >= 0.3 is 5.97 Å². The summed E-state index contributed by atoms with van der Waals surface area (Å²) in [7, 11) is 0. The van der Waals surface area contributed by atoms with Gasteiger partial charge in [0, 0.05) is 11.6 Å². The van der Waals surface area contributed by atoms with E-state index in [0.29, 0.717) is 5.56 Å². The zero-order valence-corrected chi connectivity index (χ0v) is 13.8. The number of carbonyl (C=O) groups is 2. The molecule has 7 nitrogen and oxygen atoms in total. The number of nitro benzene ring substituents is 1. The Morgan fingerprint density at radius 3 is 2.42 bits per heavy atom. The van der Waals surface area contributed by atoms with Crippen molar-refractivity contribution in [3.63, 3.8) is 0 Å². The number of para-hydroxylation sites is 1. The van der Waals surface area contributed by atoms with E-state index in [4.69, 9.17) is 4.74 Å². The molecule has 0 bridgehead atoms. The number of benzene rings is 2. The van der Waals surface area contributed by atoms with Crippen LogP contribution in [-0.4, -0.2) is 23.4 Å². The molecule has 0 atom stereocenters. The third-order valence-electron chi connectivity index (χ3n) is 3.27. The minimum absolute atomic E-state index is 0.0612. The highest BCUT2D eigenvalue weighted by molar-refractivity contribution is 6.03. The smallest absolute Gasteiger partial charge is 0.355 e. The quantitative estimate of drug-likeness (QED) is 0.271. The van der Waals surface area contributed by atoms with Gasteiger partial charge in [0.1, 0.15) is 12.3 Å². The first-order valence-electron chi connectivity index (χ1n) is 7.62. The Kier molecular flexibility index (Phi) is 6.39. The highest BCUT2D eigenvalue weighted by Crippen LogP contribution is 2.20. The van der Waals surface area contributed by atoms with Crippen molar-refractivity contribution in [3.05, 3.63) is 94.2 Å². The van der Waals surface area contributed by atoms with Gasteiger partial charge in [-0.1, -0.05) is 43.0 Å². The van der Waals surface area contributed by atoms with Gasteiger partial charge in [0.15, 0.2) is 0 Å². The highest BCUT2D eigenvalue weighted by Gasteiger charge is 2.18. The minimum Gasteiger partial charge on any atom is -0.457 e. The molecule has 0 heterocycles. The van der Waals surface area contributed by atoms with E-state index in [-0.39, 0.29) is 23.6 Å². The van der Waals surface area contributed by atoms with E-state index in [2.05, 4.69) is 11.9 Å². The number of amides is 1. The van der Waals surface area contributed by atoms with Crippen molar-refractivity contribution in [3.8, 4) is 0 Å². The van der Waals surface area contributed by atoms with Crippen molar-refractivity contribution in [2.24, 2.45) is 0 Å². The van der Waals surface area contributed by atoms with Crippen LogP contribution < -0.4 is 5.32 Å². The summed E-state index contributed by atoms with van der Waals surface area (Å²) < 4.78 is 4.95. The number of carbonyl (C=O) groups excluding carboxylic acids is 2. The first-order valence-corrected chi connectivity index (χ1v) is 7.62. The SMILES string of the molecule is C=CCOC(=O)C(=Cc1ccccc1[N+](=O)[O-])NC(=O)c1ccccc1. The number of esters is 1. The molecule has 0 fully saturated rings. The fraction of sp³-hybridized carbons (Fsp3) is 0.0526. The zero-order valence-electron chi connectivity index (χ0n) is 13.8. The molecular formula is C19H16N2O5. The van der Waals surface area contributed by atoms with E-state index < -0.39 is 16.8 Å². The fourth-order valence-electron chi connectivity index (χ4n) is 2.07. The standard InChI is InChI=1S/C19H16N2O5/c1-2-12-26-19(23)16(20-18(22)14-8-4-3-5-9-14)13-15-10-6-7-11-17(15)21(24)25/h2-11,13H,1,12H2,(H,20,22). The minimum atomic E-state index is -0.827. The summed E-state index contributed by atoms with van der Waals surface area (Å²) in [5, 5.41) is 13.6. The maximum Gasteiger partial charge on any atom is 0.355 e. The normalized spacial score (nSPS) is 10.7. The van der Waals surface area contributed by atoms with Crippen molar-refractivity contribution >= 4 is 23.6 Å². The van der Waals surface area contributed by atoms with Crippen LogP contribution in [0.25, 0.3) is 6.08 Å². The average molecular weight is 352 g/mol. The van der Waals surface area contributed by atoms with Crippen LogP contribution in [0.2, 0.25) is 0 Å². The average Bonchev–Trinajstić information content (AvgIpc) is 2.66. The lowest BCUT2D eigenvalue weighted by Crippen LogP contribution is -2.28. The molecule has 1 amide bonds. The first kappa shape index (κ1) is 18.6. The molecular weight excluding hydrogens is 336 g/mol. The second-order valence-electron chi connectivity index (χ2n) is 5.08. The maximum atomic E-state index is 12.3. The Labute approximate surface area is 149 Å². The Bertz CT molecular complexity index is 859. The number of ether oxygens (including phenoxy) is 1. The molecule has 0 aliphatic carbocycles. The molecule has 0 unspecified atom stereocenters. The van der Waals surface area contributed by atoms with E-state index in [1.54, 1.807) is 36.4 Å². The van der Waals surface area contributed by atoms with E-state index in [0.717, 1.165) is 0 Å². The van der Waals surface area contributed by atoms with Gasteiger partial charge in [0.25, 0.3) is 11.6 Å². The molecule has 0 saturated heterocycles. The number of nitro groups is 1. The number of hydrogen-bond donors (Lipinski definition) is 1.